The van der Waals surface area contributed by atoms with Gasteiger partial charge in [-0.25, -0.2) is 4.98 Å². The minimum absolute atomic E-state index is 0. The Hall–Kier alpha value is -1.99. The average Bonchev–Trinajstić information content (AvgIpc) is 2.75. The van der Waals surface area contributed by atoms with Crippen LogP contribution in [0.2, 0.25) is 0 Å². The van der Waals surface area contributed by atoms with Crippen molar-refractivity contribution >= 4 is 18.3 Å². The van der Waals surface area contributed by atoms with Gasteiger partial charge in [0.1, 0.15) is 5.69 Å². The van der Waals surface area contributed by atoms with Gasteiger partial charge in [-0.15, -0.1) is 12.4 Å². The van der Waals surface area contributed by atoms with Crippen LogP contribution < -0.4 is 10.6 Å². The van der Waals surface area contributed by atoms with Crippen LogP contribution in [0.15, 0.2) is 18.5 Å². The van der Waals surface area contributed by atoms with Gasteiger partial charge in [-0.2, -0.15) is 5.10 Å². The van der Waals surface area contributed by atoms with Gasteiger partial charge < -0.3 is 10.6 Å². The van der Waals surface area contributed by atoms with Crippen LogP contribution in [-0.4, -0.2) is 32.2 Å². The third-order valence-corrected chi connectivity index (χ3v) is 3.39. The molecule has 2 aromatic rings. The number of halogens is 1. The highest BCUT2D eigenvalue weighted by molar-refractivity contribution is 5.91. The molecule has 7 nitrogen and oxygen atoms in total. The lowest BCUT2D eigenvalue weighted by molar-refractivity contribution is 0.0945. The zero-order valence-corrected chi connectivity index (χ0v) is 13.2. The molecule has 0 saturated carbocycles. The summed E-state index contributed by atoms with van der Waals surface area (Å²) in [7, 11) is 0. The summed E-state index contributed by atoms with van der Waals surface area (Å²) in [6.07, 6.45) is 4.13. The summed E-state index contributed by atoms with van der Waals surface area (Å²) in [5, 5.41) is 10.7. The Morgan fingerprint density at radius 2 is 2.27 bits per heavy atom. The fraction of sp³-hybridized carbons (Fsp3) is 0.429. The largest absolute Gasteiger partial charge is 0.345 e. The molecule has 1 aliphatic rings. The van der Waals surface area contributed by atoms with Gasteiger partial charge >= 0.3 is 0 Å². The van der Waals surface area contributed by atoms with Gasteiger partial charge in [0.05, 0.1) is 29.8 Å². The first-order valence-corrected chi connectivity index (χ1v) is 7.05. The van der Waals surface area contributed by atoms with E-state index < -0.39 is 0 Å². The number of carbonyl (C=O) groups is 1. The first-order valence-electron chi connectivity index (χ1n) is 7.05. The number of hydrogen-bond donors (Lipinski definition) is 2. The Balaban J connectivity index is 0.00000176. The molecular formula is C14H19ClN6O. The molecular weight excluding hydrogens is 304 g/mol. The van der Waals surface area contributed by atoms with E-state index in [1.165, 1.54) is 6.20 Å². The molecule has 0 fully saturated rings. The standard InChI is InChI=1S/C14H18N6O.ClH/c1-10-6-17-13(9-16-10)14(21)18-7-11-5-12-8-15-3-2-4-20(12)19-11;/h5-6,9,15H,2-4,7-8H2,1H3,(H,18,21);1H. The summed E-state index contributed by atoms with van der Waals surface area (Å²) in [5.74, 6) is -0.233. The number of rotatable bonds is 3. The third-order valence-electron chi connectivity index (χ3n) is 3.39. The smallest absolute Gasteiger partial charge is 0.271 e. The monoisotopic (exact) mass is 322 g/mol. The second-order valence-corrected chi connectivity index (χ2v) is 5.11. The van der Waals surface area contributed by atoms with Crippen molar-refractivity contribution in [1.82, 2.24) is 30.4 Å². The molecule has 2 aromatic heterocycles. The van der Waals surface area contributed by atoms with Crippen LogP contribution in [0, 0.1) is 6.92 Å². The van der Waals surface area contributed by atoms with Gasteiger partial charge in [-0.1, -0.05) is 0 Å². The molecule has 0 spiro atoms. The molecule has 22 heavy (non-hydrogen) atoms. The molecule has 0 bridgehead atoms. The molecule has 8 heteroatoms. The molecule has 0 saturated heterocycles. The molecule has 0 aliphatic carbocycles. The van der Waals surface area contributed by atoms with E-state index in [-0.39, 0.29) is 18.3 Å². The zero-order valence-electron chi connectivity index (χ0n) is 12.4. The van der Waals surface area contributed by atoms with E-state index in [1.54, 1.807) is 6.20 Å². The number of fused-ring (bicyclic) bond motifs is 1. The van der Waals surface area contributed by atoms with Gasteiger partial charge in [0.2, 0.25) is 0 Å². The van der Waals surface area contributed by atoms with E-state index in [9.17, 15) is 4.79 Å². The molecule has 0 atom stereocenters. The normalized spacial score (nSPS) is 13.7. The highest BCUT2D eigenvalue weighted by Crippen LogP contribution is 2.08. The van der Waals surface area contributed by atoms with Crippen molar-refractivity contribution in [3.05, 3.63) is 41.2 Å². The fourth-order valence-corrected chi connectivity index (χ4v) is 2.28. The molecule has 1 aliphatic heterocycles. The number of amides is 1. The van der Waals surface area contributed by atoms with Crippen LogP contribution in [0.1, 0.15) is 34.0 Å². The summed E-state index contributed by atoms with van der Waals surface area (Å²) in [4.78, 5) is 20.1. The van der Waals surface area contributed by atoms with E-state index in [0.717, 1.165) is 43.1 Å². The maximum atomic E-state index is 12.0. The molecule has 1 amide bonds. The Labute approximate surface area is 134 Å². The predicted octanol–water partition coefficient (Wildman–Crippen LogP) is 0.827. The number of aromatic nitrogens is 4. The van der Waals surface area contributed by atoms with Crippen molar-refractivity contribution in [3.63, 3.8) is 0 Å². The topological polar surface area (TPSA) is 84.7 Å². The maximum Gasteiger partial charge on any atom is 0.271 e. The summed E-state index contributed by atoms with van der Waals surface area (Å²) in [6.45, 7) is 4.99. The summed E-state index contributed by atoms with van der Waals surface area (Å²) >= 11 is 0. The molecule has 0 radical (unpaired) electrons. The maximum absolute atomic E-state index is 12.0. The average molecular weight is 323 g/mol. The third kappa shape index (κ3) is 3.80. The lowest BCUT2D eigenvalue weighted by Crippen LogP contribution is -2.24. The second-order valence-electron chi connectivity index (χ2n) is 5.11. The van der Waals surface area contributed by atoms with Crippen molar-refractivity contribution in [2.75, 3.05) is 6.54 Å². The van der Waals surface area contributed by atoms with Crippen molar-refractivity contribution in [2.45, 2.75) is 33.0 Å². The van der Waals surface area contributed by atoms with Crippen molar-refractivity contribution in [2.24, 2.45) is 0 Å². The second kappa shape index (κ2) is 7.33. The van der Waals surface area contributed by atoms with Crippen LogP contribution in [0.25, 0.3) is 0 Å². The van der Waals surface area contributed by atoms with Crippen LogP contribution in [0.4, 0.5) is 0 Å². The van der Waals surface area contributed by atoms with E-state index in [0.29, 0.717) is 12.2 Å². The number of carbonyl (C=O) groups excluding carboxylic acids is 1. The Morgan fingerprint density at radius 1 is 1.41 bits per heavy atom. The molecule has 0 unspecified atom stereocenters. The molecule has 3 rings (SSSR count). The first kappa shape index (κ1) is 16.4. The van der Waals surface area contributed by atoms with Gasteiger partial charge in [-0.3, -0.25) is 14.5 Å². The highest BCUT2D eigenvalue weighted by atomic mass is 35.5. The van der Waals surface area contributed by atoms with Gasteiger partial charge in [0.25, 0.3) is 5.91 Å². The lowest BCUT2D eigenvalue weighted by atomic mass is 10.3. The van der Waals surface area contributed by atoms with E-state index in [4.69, 9.17) is 0 Å². The molecule has 2 N–H and O–H groups in total. The van der Waals surface area contributed by atoms with E-state index >= 15 is 0 Å². The van der Waals surface area contributed by atoms with Crippen LogP contribution >= 0.6 is 12.4 Å². The molecule has 118 valence electrons. The van der Waals surface area contributed by atoms with Gasteiger partial charge in [-0.05, 0) is 26.0 Å². The Kier molecular flexibility index (Phi) is 5.46. The number of aryl methyl sites for hydroxylation is 2. The fourth-order valence-electron chi connectivity index (χ4n) is 2.28. The summed E-state index contributed by atoms with van der Waals surface area (Å²) < 4.78 is 2.01. The number of hydrogen-bond acceptors (Lipinski definition) is 5. The minimum Gasteiger partial charge on any atom is -0.345 e. The van der Waals surface area contributed by atoms with Gasteiger partial charge in [0, 0.05) is 19.3 Å². The Bertz CT molecular complexity index is 616. The first-order chi connectivity index (χ1) is 10.2. The SMILES string of the molecule is Cc1cnc(C(=O)NCc2cc3n(n2)CCCNC3)cn1.Cl. The molecule has 0 aromatic carbocycles. The van der Waals surface area contributed by atoms with Crippen molar-refractivity contribution in [1.29, 1.82) is 0 Å². The van der Waals surface area contributed by atoms with E-state index in [1.807, 2.05) is 17.7 Å². The number of nitrogens with one attached hydrogen (secondary N) is 2. The van der Waals surface area contributed by atoms with Gasteiger partial charge in [0.15, 0.2) is 0 Å². The quantitative estimate of drug-likeness (QED) is 0.874. The van der Waals surface area contributed by atoms with Crippen molar-refractivity contribution in [3.8, 4) is 0 Å². The number of nitrogens with zero attached hydrogens (tertiary/aromatic N) is 4. The molecule has 3 heterocycles. The lowest BCUT2D eigenvalue weighted by Gasteiger charge is -2.02. The summed E-state index contributed by atoms with van der Waals surface area (Å²) in [6, 6.07) is 2.03. The van der Waals surface area contributed by atoms with Crippen LogP contribution in [0.5, 0.6) is 0 Å². The zero-order chi connectivity index (χ0) is 14.7. The summed E-state index contributed by atoms with van der Waals surface area (Å²) in [5.41, 5.74) is 3.13. The van der Waals surface area contributed by atoms with Crippen molar-refractivity contribution < 1.29 is 4.79 Å². The van der Waals surface area contributed by atoms with E-state index in [2.05, 4.69) is 25.7 Å². The minimum atomic E-state index is -0.233. The Morgan fingerprint density at radius 3 is 3.05 bits per heavy atom. The van der Waals surface area contributed by atoms with Crippen LogP contribution in [0.3, 0.4) is 0 Å². The predicted molar refractivity (Wildman–Crippen MR) is 83.7 cm³/mol. The van der Waals surface area contributed by atoms with Crippen LogP contribution in [-0.2, 0) is 19.6 Å². The highest BCUT2D eigenvalue weighted by Gasteiger charge is 2.12.